The number of hydrogen-bond acceptors (Lipinski definition) is 2. The van der Waals surface area contributed by atoms with E-state index >= 15 is 0 Å². The van der Waals surface area contributed by atoms with Crippen LogP contribution in [0.4, 0.5) is 5.69 Å². The van der Waals surface area contributed by atoms with E-state index in [0.717, 1.165) is 12.3 Å². The Morgan fingerprint density at radius 2 is 1.84 bits per heavy atom. The highest BCUT2D eigenvalue weighted by atomic mass is 16.5. The molecule has 2 heteroatoms. The lowest BCUT2D eigenvalue weighted by Crippen LogP contribution is -2.02. The number of hydrogen-bond donors (Lipinski definition) is 1. The van der Waals surface area contributed by atoms with Gasteiger partial charge in [0, 0.05) is 12.2 Å². The van der Waals surface area contributed by atoms with Crippen LogP contribution in [0.15, 0.2) is 42.5 Å². The third-order valence-corrected chi connectivity index (χ3v) is 3.30. The molecule has 0 atom stereocenters. The summed E-state index contributed by atoms with van der Waals surface area (Å²) < 4.78 is 5.51. The molecule has 100 valence electrons. The number of ether oxygens (including phenoxy) is 1. The van der Waals surface area contributed by atoms with Crippen LogP contribution in [-0.4, -0.2) is 6.61 Å². The standard InChI is InChI=1S/C17H21NO/c1-4-19-16-9-6-8-15(11-16)12-18-17-10-5-7-13(2)14(17)3/h5-11,18H,4,12H2,1-3H3. The molecular formula is C17H21NO. The molecule has 0 radical (unpaired) electrons. The number of rotatable bonds is 5. The fraction of sp³-hybridized carbons (Fsp3) is 0.294. The maximum absolute atomic E-state index is 5.51. The Labute approximate surface area is 115 Å². The van der Waals surface area contributed by atoms with E-state index in [0.29, 0.717) is 6.61 Å². The van der Waals surface area contributed by atoms with Gasteiger partial charge in [0.1, 0.15) is 5.75 Å². The van der Waals surface area contributed by atoms with E-state index in [1.54, 1.807) is 0 Å². The third-order valence-electron chi connectivity index (χ3n) is 3.30. The minimum atomic E-state index is 0.702. The molecule has 0 heterocycles. The molecule has 1 N–H and O–H groups in total. The van der Waals surface area contributed by atoms with Crippen molar-refractivity contribution in [3.8, 4) is 5.75 Å². The molecule has 2 rings (SSSR count). The molecule has 2 aromatic carbocycles. The van der Waals surface area contributed by atoms with Crippen molar-refractivity contribution in [2.75, 3.05) is 11.9 Å². The second-order valence-electron chi connectivity index (χ2n) is 4.68. The molecule has 0 spiro atoms. The zero-order valence-electron chi connectivity index (χ0n) is 11.9. The molecule has 0 aliphatic carbocycles. The summed E-state index contributed by atoms with van der Waals surface area (Å²) in [4.78, 5) is 0. The SMILES string of the molecule is CCOc1cccc(CNc2cccc(C)c2C)c1. The van der Waals surface area contributed by atoms with Gasteiger partial charge in [0.25, 0.3) is 0 Å². The molecule has 2 nitrogen and oxygen atoms in total. The van der Waals surface area contributed by atoms with Gasteiger partial charge in [-0.1, -0.05) is 24.3 Å². The second-order valence-corrected chi connectivity index (χ2v) is 4.68. The Morgan fingerprint density at radius 3 is 2.63 bits per heavy atom. The summed E-state index contributed by atoms with van der Waals surface area (Å²) in [5, 5.41) is 3.48. The van der Waals surface area contributed by atoms with Crippen molar-refractivity contribution in [2.24, 2.45) is 0 Å². The average molecular weight is 255 g/mol. The molecule has 19 heavy (non-hydrogen) atoms. The zero-order valence-corrected chi connectivity index (χ0v) is 11.9. The van der Waals surface area contributed by atoms with Gasteiger partial charge in [0.15, 0.2) is 0 Å². The van der Waals surface area contributed by atoms with Gasteiger partial charge in [-0.3, -0.25) is 0 Å². The van der Waals surface area contributed by atoms with E-state index in [2.05, 4.69) is 49.5 Å². The van der Waals surface area contributed by atoms with Crippen LogP contribution in [0.1, 0.15) is 23.6 Å². The molecule has 2 aromatic rings. The van der Waals surface area contributed by atoms with Crippen molar-refractivity contribution < 1.29 is 4.74 Å². The van der Waals surface area contributed by atoms with Crippen molar-refractivity contribution in [2.45, 2.75) is 27.3 Å². The fourth-order valence-corrected chi connectivity index (χ4v) is 2.05. The molecule has 0 amide bonds. The Hall–Kier alpha value is -1.96. The van der Waals surface area contributed by atoms with E-state index in [1.165, 1.54) is 22.4 Å². The molecule has 0 fully saturated rings. The quantitative estimate of drug-likeness (QED) is 0.859. The van der Waals surface area contributed by atoms with E-state index in [4.69, 9.17) is 4.74 Å². The summed E-state index contributed by atoms with van der Waals surface area (Å²) in [6, 6.07) is 14.6. The first kappa shape index (κ1) is 13.5. The average Bonchev–Trinajstić information content (AvgIpc) is 2.41. The van der Waals surface area contributed by atoms with Gasteiger partial charge in [-0.05, 0) is 55.7 Å². The lowest BCUT2D eigenvalue weighted by Gasteiger charge is -2.12. The Balaban J connectivity index is 2.06. The molecule has 0 aliphatic heterocycles. The molecule has 0 saturated carbocycles. The fourth-order valence-electron chi connectivity index (χ4n) is 2.05. The first-order chi connectivity index (χ1) is 9.20. The van der Waals surface area contributed by atoms with Gasteiger partial charge >= 0.3 is 0 Å². The molecule has 0 aromatic heterocycles. The minimum absolute atomic E-state index is 0.702. The third kappa shape index (κ3) is 3.50. The zero-order chi connectivity index (χ0) is 13.7. The van der Waals surface area contributed by atoms with Gasteiger partial charge in [0.2, 0.25) is 0 Å². The monoisotopic (exact) mass is 255 g/mol. The normalized spacial score (nSPS) is 10.3. The molecule has 0 saturated heterocycles. The summed E-state index contributed by atoms with van der Waals surface area (Å²) in [6.07, 6.45) is 0. The molecule has 0 bridgehead atoms. The smallest absolute Gasteiger partial charge is 0.119 e. The molecular weight excluding hydrogens is 234 g/mol. The van der Waals surface area contributed by atoms with Crippen molar-refractivity contribution >= 4 is 5.69 Å². The van der Waals surface area contributed by atoms with Gasteiger partial charge in [0.05, 0.1) is 6.61 Å². The first-order valence-corrected chi connectivity index (χ1v) is 6.72. The van der Waals surface area contributed by atoms with Crippen molar-refractivity contribution in [3.63, 3.8) is 0 Å². The lowest BCUT2D eigenvalue weighted by molar-refractivity contribution is 0.340. The van der Waals surface area contributed by atoms with Crippen molar-refractivity contribution in [3.05, 3.63) is 59.2 Å². The van der Waals surface area contributed by atoms with Crippen LogP contribution in [0.5, 0.6) is 5.75 Å². The van der Waals surface area contributed by atoms with Crippen LogP contribution in [0.25, 0.3) is 0 Å². The summed E-state index contributed by atoms with van der Waals surface area (Å²) in [5.74, 6) is 0.933. The van der Waals surface area contributed by atoms with Crippen LogP contribution in [0.3, 0.4) is 0 Å². The van der Waals surface area contributed by atoms with E-state index in [9.17, 15) is 0 Å². The molecule has 0 aliphatic rings. The Morgan fingerprint density at radius 1 is 1.05 bits per heavy atom. The van der Waals surface area contributed by atoms with Gasteiger partial charge < -0.3 is 10.1 Å². The van der Waals surface area contributed by atoms with Crippen LogP contribution in [-0.2, 0) is 6.54 Å². The summed E-state index contributed by atoms with van der Waals surface area (Å²) in [5.41, 5.74) is 5.05. The molecule has 0 unspecified atom stereocenters. The number of nitrogens with one attached hydrogen (secondary N) is 1. The van der Waals surface area contributed by atoms with Crippen LogP contribution >= 0.6 is 0 Å². The van der Waals surface area contributed by atoms with E-state index in [-0.39, 0.29) is 0 Å². The number of aryl methyl sites for hydroxylation is 1. The summed E-state index contributed by atoms with van der Waals surface area (Å²) in [6.45, 7) is 7.80. The highest BCUT2D eigenvalue weighted by Crippen LogP contribution is 2.20. The highest BCUT2D eigenvalue weighted by molar-refractivity contribution is 5.54. The van der Waals surface area contributed by atoms with Gasteiger partial charge in [-0.25, -0.2) is 0 Å². The maximum Gasteiger partial charge on any atom is 0.119 e. The Kier molecular flexibility index (Phi) is 4.45. The predicted molar refractivity (Wildman–Crippen MR) is 80.9 cm³/mol. The minimum Gasteiger partial charge on any atom is -0.494 e. The van der Waals surface area contributed by atoms with Crippen molar-refractivity contribution in [1.29, 1.82) is 0 Å². The van der Waals surface area contributed by atoms with Crippen LogP contribution in [0.2, 0.25) is 0 Å². The van der Waals surface area contributed by atoms with Gasteiger partial charge in [-0.15, -0.1) is 0 Å². The van der Waals surface area contributed by atoms with E-state index < -0.39 is 0 Å². The van der Waals surface area contributed by atoms with Gasteiger partial charge in [-0.2, -0.15) is 0 Å². The topological polar surface area (TPSA) is 21.3 Å². The Bertz CT molecular complexity index is 549. The van der Waals surface area contributed by atoms with E-state index in [1.807, 2.05) is 19.1 Å². The van der Waals surface area contributed by atoms with Crippen molar-refractivity contribution in [1.82, 2.24) is 0 Å². The maximum atomic E-state index is 5.51. The van der Waals surface area contributed by atoms with Crippen LogP contribution in [0, 0.1) is 13.8 Å². The largest absolute Gasteiger partial charge is 0.494 e. The predicted octanol–water partition coefficient (Wildman–Crippen LogP) is 4.31. The first-order valence-electron chi connectivity index (χ1n) is 6.72. The summed E-state index contributed by atoms with van der Waals surface area (Å²) >= 11 is 0. The lowest BCUT2D eigenvalue weighted by atomic mass is 10.1. The number of anilines is 1. The second kappa shape index (κ2) is 6.28. The highest BCUT2D eigenvalue weighted by Gasteiger charge is 2.01. The summed E-state index contributed by atoms with van der Waals surface area (Å²) in [7, 11) is 0. The van der Waals surface area contributed by atoms with Crippen LogP contribution < -0.4 is 10.1 Å². The number of benzene rings is 2.